The van der Waals surface area contributed by atoms with Gasteiger partial charge >= 0.3 is 0 Å². The van der Waals surface area contributed by atoms with Crippen molar-refractivity contribution in [2.45, 2.75) is 38.2 Å². The first-order valence-electron chi connectivity index (χ1n) is 6.07. The molecule has 0 fully saturated rings. The molecule has 0 saturated heterocycles. The van der Waals surface area contributed by atoms with Crippen molar-refractivity contribution in [2.75, 3.05) is 13.7 Å². The van der Waals surface area contributed by atoms with Gasteiger partial charge in [0.1, 0.15) is 0 Å². The highest BCUT2D eigenvalue weighted by Crippen LogP contribution is 2.23. The van der Waals surface area contributed by atoms with Gasteiger partial charge in [-0.2, -0.15) is 0 Å². The number of ether oxygens (including phenoxy) is 1. The van der Waals surface area contributed by atoms with Gasteiger partial charge in [0.05, 0.1) is 12.7 Å². The standard InChI is InChI=1S/C14H20O2/c1-16-10-14(15)8-6-11-5-7-12-3-2-4-13(12)9-11/h5,7,9,14-15H,2-4,6,8,10H2,1H3. The first kappa shape index (κ1) is 11.6. The molecular formula is C14H20O2. The second kappa shape index (κ2) is 5.46. The van der Waals surface area contributed by atoms with Gasteiger partial charge in [0, 0.05) is 7.11 Å². The van der Waals surface area contributed by atoms with Gasteiger partial charge in [-0.25, -0.2) is 0 Å². The molecule has 2 heteroatoms. The third kappa shape index (κ3) is 2.83. The summed E-state index contributed by atoms with van der Waals surface area (Å²) >= 11 is 0. The molecule has 0 aliphatic heterocycles. The zero-order valence-electron chi connectivity index (χ0n) is 9.91. The second-order valence-electron chi connectivity index (χ2n) is 4.60. The van der Waals surface area contributed by atoms with Crippen LogP contribution in [0.4, 0.5) is 0 Å². The van der Waals surface area contributed by atoms with Gasteiger partial charge in [-0.05, 0) is 48.8 Å². The van der Waals surface area contributed by atoms with E-state index in [0.29, 0.717) is 6.61 Å². The number of fused-ring (bicyclic) bond motifs is 1. The number of benzene rings is 1. The molecule has 1 aromatic carbocycles. The summed E-state index contributed by atoms with van der Waals surface area (Å²) in [4.78, 5) is 0. The van der Waals surface area contributed by atoms with E-state index in [-0.39, 0.29) is 6.10 Å². The highest BCUT2D eigenvalue weighted by Gasteiger charge is 2.11. The van der Waals surface area contributed by atoms with Crippen molar-refractivity contribution in [3.05, 3.63) is 34.9 Å². The molecule has 0 radical (unpaired) electrons. The highest BCUT2D eigenvalue weighted by molar-refractivity contribution is 5.35. The van der Waals surface area contributed by atoms with Crippen LogP contribution in [0, 0.1) is 0 Å². The second-order valence-corrected chi connectivity index (χ2v) is 4.60. The molecule has 0 saturated carbocycles. The molecule has 0 bridgehead atoms. The summed E-state index contributed by atoms with van der Waals surface area (Å²) in [5.74, 6) is 0. The number of aryl methyl sites for hydroxylation is 3. The number of rotatable bonds is 5. The predicted molar refractivity (Wildman–Crippen MR) is 64.7 cm³/mol. The van der Waals surface area contributed by atoms with Crippen LogP contribution in [0.15, 0.2) is 18.2 Å². The van der Waals surface area contributed by atoms with Crippen LogP contribution >= 0.6 is 0 Å². The molecule has 0 aromatic heterocycles. The lowest BCUT2D eigenvalue weighted by Gasteiger charge is -2.10. The molecule has 0 heterocycles. The summed E-state index contributed by atoms with van der Waals surface area (Å²) in [5.41, 5.74) is 4.37. The molecule has 16 heavy (non-hydrogen) atoms. The zero-order chi connectivity index (χ0) is 11.4. The fraction of sp³-hybridized carbons (Fsp3) is 0.571. The lowest BCUT2D eigenvalue weighted by molar-refractivity contribution is 0.0595. The Morgan fingerprint density at radius 3 is 2.94 bits per heavy atom. The molecule has 2 nitrogen and oxygen atoms in total. The van der Waals surface area contributed by atoms with Crippen LogP contribution in [0.25, 0.3) is 0 Å². The van der Waals surface area contributed by atoms with E-state index in [0.717, 1.165) is 12.8 Å². The molecule has 1 aromatic rings. The van der Waals surface area contributed by atoms with Crippen LogP contribution in [-0.4, -0.2) is 24.9 Å². The van der Waals surface area contributed by atoms with E-state index in [1.807, 2.05) is 0 Å². The topological polar surface area (TPSA) is 29.5 Å². The lowest BCUT2D eigenvalue weighted by Crippen LogP contribution is -2.14. The van der Waals surface area contributed by atoms with Gasteiger partial charge in [0.25, 0.3) is 0 Å². The third-order valence-electron chi connectivity index (χ3n) is 3.29. The molecule has 1 N–H and O–H groups in total. The van der Waals surface area contributed by atoms with Crippen molar-refractivity contribution in [2.24, 2.45) is 0 Å². The van der Waals surface area contributed by atoms with E-state index in [1.165, 1.54) is 36.0 Å². The quantitative estimate of drug-likeness (QED) is 0.823. The summed E-state index contributed by atoms with van der Waals surface area (Å²) in [6.07, 6.45) is 5.15. The zero-order valence-corrected chi connectivity index (χ0v) is 9.91. The average Bonchev–Trinajstić information content (AvgIpc) is 2.74. The van der Waals surface area contributed by atoms with E-state index in [9.17, 15) is 5.11 Å². The Morgan fingerprint density at radius 1 is 1.31 bits per heavy atom. The molecule has 1 aliphatic carbocycles. The molecule has 1 aliphatic rings. The van der Waals surface area contributed by atoms with Crippen molar-refractivity contribution in [1.82, 2.24) is 0 Å². The SMILES string of the molecule is COCC(O)CCc1ccc2c(c1)CCC2. The number of hydrogen-bond acceptors (Lipinski definition) is 2. The summed E-state index contributed by atoms with van der Waals surface area (Å²) in [6.45, 7) is 0.435. The molecular weight excluding hydrogens is 200 g/mol. The molecule has 1 unspecified atom stereocenters. The number of aliphatic hydroxyl groups excluding tert-OH is 1. The van der Waals surface area contributed by atoms with E-state index < -0.39 is 0 Å². The average molecular weight is 220 g/mol. The van der Waals surface area contributed by atoms with Crippen molar-refractivity contribution < 1.29 is 9.84 Å². The van der Waals surface area contributed by atoms with Gasteiger partial charge in [0.15, 0.2) is 0 Å². The third-order valence-corrected chi connectivity index (χ3v) is 3.29. The van der Waals surface area contributed by atoms with E-state index in [1.54, 1.807) is 7.11 Å². The van der Waals surface area contributed by atoms with E-state index in [2.05, 4.69) is 18.2 Å². The summed E-state index contributed by atoms with van der Waals surface area (Å²) in [6, 6.07) is 6.76. The van der Waals surface area contributed by atoms with Crippen LogP contribution in [0.3, 0.4) is 0 Å². The Bertz CT molecular complexity index is 347. The van der Waals surface area contributed by atoms with E-state index in [4.69, 9.17) is 4.74 Å². The van der Waals surface area contributed by atoms with Gasteiger partial charge in [-0.15, -0.1) is 0 Å². The maximum absolute atomic E-state index is 9.58. The first-order valence-corrected chi connectivity index (χ1v) is 6.07. The van der Waals surface area contributed by atoms with Crippen molar-refractivity contribution >= 4 is 0 Å². The first-order chi connectivity index (χ1) is 7.79. The van der Waals surface area contributed by atoms with Crippen LogP contribution in [-0.2, 0) is 24.0 Å². The molecule has 0 spiro atoms. The normalized spacial score (nSPS) is 16.1. The minimum Gasteiger partial charge on any atom is -0.391 e. The monoisotopic (exact) mass is 220 g/mol. The van der Waals surface area contributed by atoms with Gasteiger partial charge < -0.3 is 9.84 Å². The minimum absolute atomic E-state index is 0.335. The summed E-state index contributed by atoms with van der Waals surface area (Å²) in [7, 11) is 1.62. The fourth-order valence-electron chi connectivity index (χ4n) is 2.39. The Hall–Kier alpha value is -0.860. The van der Waals surface area contributed by atoms with Crippen molar-refractivity contribution in [3.63, 3.8) is 0 Å². The maximum atomic E-state index is 9.58. The Labute approximate surface area is 97.3 Å². The molecule has 1 atom stereocenters. The molecule has 2 rings (SSSR count). The van der Waals surface area contributed by atoms with E-state index >= 15 is 0 Å². The number of hydrogen-bond donors (Lipinski definition) is 1. The Morgan fingerprint density at radius 2 is 2.12 bits per heavy atom. The van der Waals surface area contributed by atoms with Crippen LogP contribution in [0.1, 0.15) is 29.5 Å². The van der Waals surface area contributed by atoms with Crippen molar-refractivity contribution in [1.29, 1.82) is 0 Å². The van der Waals surface area contributed by atoms with Gasteiger partial charge in [-0.1, -0.05) is 18.2 Å². The van der Waals surface area contributed by atoms with Crippen LogP contribution in [0.5, 0.6) is 0 Å². The molecule has 88 valence electrons. The van der Waals surface area contributed by atoms with Crippen LogP contribution in [0.2, 0.25) is 0 Å². The Kier molecular flexibility index (Phi) is 3.97. The molecule has 0 amide bonds. The number of aliphatic hydroxyl groups is 1. The van der Waals surface area contributed by atoms with Gasteiger partial charge in [0.2, 0.25) is 0 Å². The van der Waals surface area contributed by atoms with Crippen molar-refractivity contribution in [3.8, 4) is 0 Å². The summed E-state index contributed by atoms with van der Waals surface area (Å²) < 4.78 is 4.92. The fourth-order valence-corrected chi connectivity index (χ4v) is 2.39. The van der Waals surface area contributed by atoms with Gasteiger partial charge in [-0.3, -0.25) is 0 Å². The smallest absolute Gasteiger partial charge is 0.0776 e. The number of methoxy groups -OCH3 is 1. The Balaban J connectivity index is 1.90. The largest absolute Gasteiger partial charge is 0.391 e. The minimum atomic E-state index is -0.335. The summed E-state index contributed by atoms with van der Waals surface area (Å²) in [5, 5.41) is 9.58. The maximum Gasteiger partial charge on any atom is 0.0776 e. The lowest BCUT2D eigenvalue weighted by atomic mass is 10.0. The highest BCUT2D eigenvalue weighted by atomic mass is 16.5. The predicted octanol–water partition coefficient (Wildman–Crippen LogP) is 2.12. The van der Waals surface area contributed by atoms with Crippen LogP contribution < -0.4 is 0 Å².